The van der Waals surface area contributed by atoms with Crippen molar-refractivity contribution in [1.29, 1.82) is 0 Å². The smallest absolute Gasteiger partial charge is 0.320 e. The number of benzene rings is 2. The number of hydrogen-bond donors (Lipinski definition) is 4. The topological polar surface area (TPSA) is 153 Å². The van der Waals surface area contributed by atoms with Gasteiger partial charge in [0.05, 0.1) is 17.1 Å². The van der Waals surface area contributed by atoms with E-state index in [1.807, 2.05) is 26.0 Å². The molecule has 0 aliphatic rings. The van der Waals surface area contributed by atoms with Crippen molar-refractivity contribution in [3.05, 3.63) is 108 Å². The number of nitrogens with two attached hydrogens (primary N) is 1. The van der Waals surface area contributed by atoms with E-state index < -0.39 is 6.03 Å². The molecule has 0 fully saturated rings. The highest BCUT2D eigenvalue weighted by Crippen LogP contribution is 2.20. The lowest BCUT2D eigenvalue weighted by Crippen LogP contribution is -2.28. The number of nitrogen functional groups attached to an aromatic ring is 1. The van der Waals surface area contributed by atoms with Gasteiger partial charge in [-0.2, -0.15) is 5.10 Å². The van der Waals surface area contributed by atoms with Crippen LogP contribution in [-0.4, -0.2) is 36.7 Å². The fourth-order valence-corrected chi connectivity index (χ4v) is 4.00. The Morgan fingerprint density at radius 1 is 0.900 bits per heavy atom. The van der Waals surface area contributed by atoms with Crippen molar-refractivity contribution < 1.29 is 9.59 Å². The monoisotopic (exact) mass is 533 g/mol. The summed E-state index contributed by atoms with van der Waals surface area (Å²) in [6, 6.07) is 22.6. The van der Waals surface area contributed by atoms with Crippen LogP contribution in [0.3, 0.4) is 0 Å². The molecule has 5 aromatic rings. The molecule has 0 saturated carbocycles. The maximum atomic E-state index is 12.8. The molecule has 40 heavy (non-hydrogen) atoms. The van der Waals surface area contributed by atoms with Gasteiger partial charge in [0.2, 0.25) is 0 Å². The average molecular weight is 534 g/mol. The van der Waals surface area contributed by atoms with E-state index in [-0.39, 0.29) is 12.5 Å². The Labute approximate surface area is 230 Å². The van der Waals surface area contributed by atoms with E-state index in [9.17, 15) is 9.59 Å². The van der Waals surface area contributed by atoms with Crippen LogP contribution in [0.4, 0.5) is 22.0 Å². The molecule has 3 aromatic heterocycles. The average Bonchev–Trinajstić information content (AvgIpc) is 3.31. The Morgan fingerprint density at radius 3 is 2.38 bits per heavy atom. The highest BCUT2D eigenvalue weighted by Gasteiger charge is 2.14. The third kappa shape index (κ3) is 6.10. The molecular weight excluding hydrogens is 506 g/mol. The molecule has 0 aliphatic heterocycles. The van der Waals surface area contributed by atoms with Crippen LogP contribution < -0.4 is 21.7 Å². The number of para-hydroxylation sites is 2. The maximum absolute atomic E-state index is 12.8. The van der Waals surface area contributed by atoms with E-state index in [1.165, 1.54) is 0 Å². The number of nitrogens with one attached hydrogen (secondary N) is 3. The van der Waals surface area contributed by atoms with E-state index in [1.54, 1.807) is 77.6 Å². The fourth-order valence-electron chi connectivity index (χ4n) is 4.00. The number of amides is 3. The molecule has 0 bridgehead atoms. The van der Waals surface area contributed by atoms with Gasteiger partial charge in [-0.05, 0) is 61.9 Å². The number of carbonyl (C=O) groups excluding carboxylic acids is 2. The first-order valence-corrected chi connectivity index (χ1v) is 12.5. The van der Waals surface area contributed by atoms with Crippen LogP contribution in [0, 0.1) is 13.8 Å². The van der Waals surface area contributed by atoms with Crippen molar-refractivity contribution in [2.75, 3.05) is 16.4 Å². The van der Waals surface area contributed by atoms with E-state index in [4.69, 9.17) is 5.73 Å². The lowest BCUT2D eigenvalue weighted by atomic mass is 10.1. The first-order valence-electron chi connectivity index (χ1n) is 12.5. The van der Waals surface area contributed by atoms with Crippen LogP contribution in [0.2, 0.25) is 0 Å². The molecule has 0 unspecified atom stereocenters. The van der Waals surface area contributed by atoms with Crippen LogP contribution in [0.1, 0.15) is 27.3 Å². The number of carbonyl (C=O) groups is 2. The second-order valence-electron chi connectivity index (χ2n) is 9.03. The molecular formula is C29H27N9O2. The SMILES string of the molecule is Cc1cc(C)n(-c2cc(NC(=O)NCc3ccc(C(=O)Nc4ccccc4N)cc3)nc(-c3ccccn3)n2)n1. The largest absolute Gasteiger partial charge is 0.397 e. The Balaban J connectivity index is 1.26. The fraction of sp³-hybridized carbons (Fsp3) is 0.103. The number of rotatable bonds is 7. The molecule has 0 aliphatic carbocycles. The van der Waals surface area contributed by atoms with Gasteiger partial charge in [-0.1, -0.05) is 30.3 Å². The van der Waals surface area contributed by atoms with Crippen LogP contribution >= 0.6 is 0 Å². The number of urea groups is 1. The molecule has 0 spiro atoms. The standard InChI is InChI=1S/C29H27N9O2/c1-18-15-19(2)38(37-18)26-16-25(34-27(36-26)24-9-5-6-14-31-24)35-29(40)32-17-20-10-12-21(13-11-20)28(39)33-23-8-4-3-7-22(23)30/h3-16H,17,30H2,1-2H3,(H,33,39)(H2,32,34,35,36,40). The normalized spacial score (nSPS) is 10.7. The second-order valence-corrected chi connectivity index (χ2v) is 9.03. The zero-order chi connectivity index (χ0) is 28.1. The molecule has 3 heterocycles. The number of aryl methyl sites for hydroxylation is 2. The summed E-state index contributed by atoms with van der Waals surface area (Å²) in [6.07, 6.45) is 1.65. The van der Waals surface area contributed by atoms with Crippen molar-refractivity contribution in [3.8, 4) is 17.3 Å². The molecule has 0 atom stereocenters. The van der Waals surface area contributed by atoms with Gasteiger partial charge in [0.1, 0.15) is 11.5 Å². The Hall–Kier alpha value is -5.58. The van der Waals surface area contributed by atoms with Gasteiger partial charge < -0.3 is 16.4 Å². The third-order valence-corrected chi connectivity index (χ3v) is 5.95. The molecule has 11 heteroatoms. The van der Waals surface area contributed by atoms with Crippen LogP contribution in [0.5, 0.6) is 0 Å². The summed E-state index contributed by atoms with van der Waals surface area (Å²) in [6.45, 7) is 4.06. The predicted octanol–water partition coefficient (Wildman–Crippen LogP) is 4.50. The quantitative estimate of drug-likeness (QED) is 0.225. The van der Waals surface area contributed by atoms with E-state index in [0.29, 0.717) is 40.1 Å². The summed E-state index contributed by atoms with van der Waals surface area (Å²) < 4.78 is 1.69. The third-order valence-electron chi connectivity index (χ3n) is 5.95. The van der Waals surface area contributed by atoms with Gasteiger partial charge in [0.15, 0.2) is 11.6 Å². The zero-order valence-electron chi connectivity index (χ0n) is 21.9. The number of pyridine rings is 1. The van der Waals surface area contributed by atoms with Crippen molar-refractivity contribution >= 4 is 29.1 Å². The lowest BCUT2D eigenvalue weighted by molar-refractivity contribution is 0.102. The summed E-state index contributed by atoms with van der Waals surface area (Å²) in [4.78, 5) is 38.8. The summed E-state index contributed by atoms with van der Waals surface area (Å²) in [5, 5.41) is 12.9. The van der Waals surface area contributed by atoms with E-state index >= 15 is 0 Å². The summed E-state index contributed by atoms with van der Waals surface area (Å²) >= 11 is 0. The van der Waals surface area contributed by atoms with Gasteiger partial charge in [0.25, 0.3) is 5.91 Å². The highest BCUT2D eigenvalue weighted by molar-refractivity contribution is 6.05. The molecule has 0 saturated heterocycles. The Kier molecular flexibility index (Phi) is 7.45. The highest BCUT2D eigenvalue weighted by atomic mass is 16.2. The summed E-state index contributed by atoms with van der Waals surface area (Å²) in [5.41, 5.74) is 10.5. The van der Waals surface area contributed by atoms with Crippen molar-refractivity contribution in [1.82, 2.24) is 30.0 Å². The molecule has 200 valence electrons. The van der Waals surface area contributed by atoms with Gasteiger partial charge in [-0.3, -0.25) is 15.1 Å². The van der Waals surface area contributed by atoms with Gasteiger partial charge >= 0.3 is 6.03 Å². The molecule has 2 aromatic carbocycles. The number of aromatic nitrogens is 5. The molecule has 11 nitrogen and oxygen atoms in total. The molecule has 5 N–H and O–H groups in total. The van der Waals surface area contributed by atoms with Crippen molar-refractivity contribution in [2.24, 2.45) is 0 Å². The van der Waals surface area contributed by atoms with Crippen LogP contribution in [-0.2, 0) is 6.54 Å². The first kappa shape index (κ1) is 26.0. The number of hydrogen-bond acceptors (Lipinski definition) is 7. The summed E-state index contributed by atoms with van der Waals surface area (Å²) in [5.74, 6) is 0.874. The Morgan fingerprint density at radius 2 is 1.68 bits per heavy atom. The number of anilines is 3. The number of nitrogens with zero attached hydrogens (tertiary/aromatic N) is 5. The van der Waals surface area contributed by atoms with Gasteiger partial charge in [-0.15, -0.1) is 0 Å². The Bertz CT molecular complexity index is 1670. The van der Waals surface area contributed by atoms with E-state index in [2.05, 4.69) is 36.0 Å². The molecule has 5 rings (SSSR count). The second kappa shape index (κ2) is 11.4. The maximum Gasteiger partial charge on any atom is 0.320 e. The zero-order valence-corrected chi connectivity index (χ0v) is 21.9. The predicted molar refractivity (Wildman–Crippen MR) is 153 cm³/mol. The summed E-state index contributed by atoms with van der Waals surface area (Å²) in [7, 11) is 0. The van der Waals surface area contributed by atoms with Gasteiger partial charge in [-0.25, -0.2) is 19.4 Å². The first-order chi connectivity index (χ1) is 19.4. The van der Waals surface area contributed by atoms with Gasteiger partial charge in [0, 0.05) is 30.1 Å². The van der Waals surface area contributed by atoms with Crippen molar-refractivity contribution in [3.63, 3.8) is 0 Å². The molecule has 3 amide bonds. The minimum Gasteiger partial charge on any atom is -0.397 e. The van der Waals surface area contributed by atoms with E-state index in [0.717, 1.165) is 17.0 Å². The lowest BCUT2D eigenvalue weighted by Gasteiger charge is -2.11. The van der Waals surface area contributed by atoms with Crippen LogP contribution in [0.15, 0.2) is 85.1 Å². The van der Waals surface area contributed by atoms with Crippen LogP contribution in [0.25, 0.3) is 17.3 Å². The van der Waals surface area contributed by atoms with Crippen molar-refractivity contribution in [2.45, 2.75) is 20.4 Å². The molecule has 0 radical (unpaired) electrons. The minimum atomic E-state index is -0.452. The minimum absolute atomic E-state index is 0.238.